The molecular weight excluding hydrogens is 442 g/mol. The monoisotopic (exact) mass is 469 g/mol. The van der Waals surface area contributed by atoms with Gasteiger partial charge in [0.05, 0.1) is 5.56 Å². The fourth-order valence-electron chi connectivity index (χ4n) is 5.94. The van der Waals surface area contributed by atoms with Crippen LogP contribution in [0, 0.1) is 23.7 Å². The number of hydrogen-bond acceptors (Lipinski definition) is 8. The zero-order valence-corrected chi connectivity index (χ0v) is 19.1. The van der Waals surface area contributed by atoms with Crippen molar-refractivity contribution >= 4 is 29.0 Å². The summed E-state index contributed by atoms with van der Waals surface area (Å²) in [5.41, 5.74) is 2.24. The molecule has 3 aliphatic rings. The molecule has 1 amide bonds. The van der Waals surface area contributed by atoms with Gasteiger partial charge in [-0.1, -0.05) is 20.8 Å². The van der Waals surface area contributed by atoms with E-state index in [1.165, 1.54) is 12.1 Å². The number of aliphatic hydroxyl groups excluding tert-OH is 2. The molecule has 1 aromatic carbocycles. The third-order valence-corrected chi connectivity index (χ3v) is 7.47. The number of fused-ring (bicyclic) bond motifs is 3. The number of Topliss-reactive ketones (excluding diaryl/α,β-unsaturated/α-hetero) is 3. The Hall–Kier alpha value is -3.46. The first kappa shape index (κ1) is 23.7. The van der Waals surface area contributed by atoms with E-state index in [0.717, 1.165) is 0 Å². The predicted octanol–water partition coefficient (Wildman–Crippen LogP) is 1.90. The smallest absolute Gasteiger partial charge is 0.255 e. The number of carbonyl (C=O) groups is 4. The quantitative estimate of drug-likeness (QED) is 0.328. The molecule has 9 nitrogen and oxygen atoms in total. The molecule has 0 heterocycles. The number of primary amides is 1. The van der Waals surface area contributed by atoms with Gasteiger partial charge < -0.3 is 26.2 Å². The van der Waals surface area contributed by atoms with Crippen LogP contribution >= 0.6 is 0 Å². The zero-order valence-electron chi connectivity index (χ0n) is 19.1. The number of aromatic hydroxyl groups is 1. The minimum absolute atomic E-state index is 0.0151. The van der Waals surface area contributed by atoms with Crippen molar-refractivity contribution in [2.45, 2.75) is 45.6 Å². The number of aliphatic hydroxyl groups is 3. The molecule has 4 atom stereocenters. The van der Waals surface area contributed by atoms with E-state index in [2.05, 4.69) is 0 Å². The van der Waals surface area contributed by atoms with Gasteiger partial charge in [0.15, 0.2) is 17.2 Å². The molecule has 0 unspecified atom stereocenters. The van der Waals surface area contributed by atoms with Crippen LogP contribution in [0.5, 0.6) is 5.75 Å². The van der Waals surface area contributed by atoms with E-state index in [9.17, 15) is 39.6 Å². The first-order chi connectivity index (χ1) is 15.9. The minimum Gasteiger partial charge on any atom is -0.508 e. The SMILES string of the molecule is CCC(=O)c1ccc(O)c2c1C[C@H]1C[C@H]3[C@H](C(C)C)C(=O)C(C(N)=O)=C(O)[C@@]3(O)C(=O)C1=C2O. The number of benzene rings is 1. The van der Waals surface area contributed by atoms with Crippen LogP contribution in [0.3, 0.4) is 0 Å². The summed E-state index contributed by atoms with van der Waals surface area (Å²) in [6, 6.07) is 2.72. The molecule has 0 saturated heterocycles. The maximum atomic E-state index is 13.7. The number of nitrogens with two attached hydrogens (primary N) is 1. The number of ketones is 3. The normalized spacial score (nSPS) is 28.6. The first-order valence-corrected chi connectivity index (χ1v) is 11.2. The molecule has 0 spiro atoms. The van der Waals surface area contributed by atoms with Crippen molar-refractivity contribution < 1.29 is 39.6 Å². The van der Waals surface area contributed by atoms with Crippen LogP contribution in [0.2, 0.25) is 0 Å². The second-order valence-corrected chi connectivity index (χ2v) is 9.59. The minimum atomic E-state index is -2.64. The molecule has 0 radical (unpaired) electrons. The van der Waals surface area contributed by atoms with E-state index >= 15 is 0 Å². The summed E-state index contributed by atoms with van der Waals surface area (Å²) in [6.45, 7) is 5.08. The first-order valence-electron chi connectivity index (χ1n) is 11.2. The van der Waals surface area contributed by atoms with E-state index in [1.807, 2.05) is 0 Å². The van der Waals surface area contributed by atoms with Gasteiger partial charge in [-0.05, 0) is 42.4 Å². The Morgan fingerprint density at radius 2 is 1.82 bits per heavy atom. The Labute approximate surface area is 195 Å². The van der Waals surface area contributed by atoms with Gasteiger partial charge in [-0.25, -0.2) is 0 Å². The van der Waals surface area contributed by atoms with Gasteiger partial charge in [0.1, 0.15) is 22.8 Å². The van der Waals surface area contributed by atoms with Crippen LogP contribution in [0.4, 0.5) is 0 Å². The maximum absolute atomic E-state index is 13.7. The number of rotatable bonds is 4. The van der Waals surface area contributed by atoms with Crippen molar-refractivity contribution in [2.24, 2.45) is 29.4 Å². The molecular formula is C25H27NO8. The lowest BCUT2D eigenvalue weighted by Crippen LogP contribution is -2.62. The highest BCUT2D eigenvalue weighted by atomic mass is 16.3. The number of hydrogen-bond donors (Lipinski definition) is 5. The van der Waals surface area contributed by atoms with Crippen LogP contribution in [0.1, 0.15) is 55.1 Å². The van der Waals surface area contributed by atoms with Crippen LogP contribution in [0.25, 0.3) is 5.76 Å². The largest absolute Gasteiger partial charge is 0.508 e. The van der Waals surface area contributed by atoms with Crippen molar-refractivity contribution in [1.82, 2.24) is 0 Å². The summed E-state index contributed by atoms with van der Waals surface area (Å²) >= 11 is 0. The average Bonchev–Trinajstić information content (AvgIpc) is 2.75. The van der Waals surface area contributed by atoms with E-state index in [0.29, 0.717) is 11.1 Å². The Bertz CT molecular complexity index is 1220. The molecule has 3 aliphatic carbocycles. The standard InChI is InChI=1S/C25H27NO8/c1-4-14(27)11-5-6-15(28)18-12(11)7-10-8-13-16(9(2)3)20(29)19(24(26)33)23(32)25(13,34)22(31)17(10)21(18)30/h5-6,9-10,13,16,28,30,32,34H,4,7-8H2,1-3H3,(H2,26,33)/t10-,13-,16-,25-/m0/s1. The van der Waals surface area contributed by atoms with Gasteiger partial charge in [0.25, 0.3) is 5.91 Å². The topological polar surface area (TPSA) is 175 Å². The van der Waals surface area contributed by atoms with Gasteiger partial charge in [-0.3, -0.25) is 19.2 Å². The Morgan fingerprint density at radius 1 is 1.18 bits per heavy atom. The molecule has 0 aromatic heterocycles. The van der Waals surface area contributed by atoms with Crippen LogP contribution in [-0.4, -0.2) is 49.3 Å². The summed E-state index contributed by atoms with van der Waals surface area (Å²) in [6.07, 6.45) is 0.314. The van der Waals surface area contributed by atoms with E-state index in [1.54, 1.807) is 20.8 Å². The lowest BCUT2D eigenvalue weighted by molar-refractivity contribution is -0.155. The molecule has 1 fully saturated rings. The fraction of sp³-hybridized carbons (Fsp3) is 0.440. The van der Waals surface area contributed by atoms with Gasteiger partial charge >= 0.3 is 0 Å². The Balaban J connectivity index is 1.99. The van der Waals surface area contributed by atoms with Crippen molar-refractivity contribution in [3.8, 4) is 5.75 Å². The molecule has 9 heteroatoms. The highest BCUT2D eigenvalue weighted by Crippen LogP contribution is 2.54. The highest BCUT2D eigenvalue weighted by molar-refractivity contribution is 6.23. The maximum Gasteiger partial charge on any atom is 0.255 e. The predicted molar refractivity (Wildman–Crippen MR) is 120 cm³/mol. The van der Waals surface area contributed by atoms with Crippen LogP contribution < -0.4 is 5.73 Å². The van der Waals surface area contributed by atoms with E-state index < -0.39 is 63.8 Å². The lowest BCUT2D eigenvalue weighted by atomic mass is 9.54. The number of amides is 1. The Kier molecular flexibility index (Phi) is 5.43. The molecule has 6 N–H and O–H groups in total. The van der Waals surface area contributed by atoms with Crippen LogP contribution in [0.15, 0.2) is 29.0 Å². The number of phenolic OH excluding ortho intramolecular Hbond substituents is 1. The van der Waals surface area contributed by atoms with E-state index in [4.69, 9.17) is 5.73 Å². The van der Waals surface area contributed by atoms with Gasteiger partial charge in [-0.2, -0.15) is 0 Å². The third-order valence-electron chi connectivity index (χ3n) is 7.47. The van der Waals surface area contributed by atoms with Crippen molar-refractivity contribution in [2.75, 3.05) is 0 Å². The molecule has 1 saturated carbocycles. The highest BCUT2D eigenvalue weighted by Gasteiger charge is 2.64. The van der Waals surface area contributed by atoms with Crippen LogP contribution in [-0.2, 0) is 20.8 Å². The summed E-state index contributed by atoms with van der Waals surface area (Å²) < 4.78 is 0. The van der Waals surface area contributed by atoms with Gasteiger partial charge in [-0.15, -0.1) is 0 Å². The number of carbonyl (C=O) groups excluding carboxylic acids is 4. The molecule has 1 aromatic rings. The van der Waals surface area contributed by atoms with E-state index in [-0.39, 0.29) is 41.9 Å². The van der Waals surface area contributed by atoms with Crippen molar-refractivity contribution in [3.05, 3.63) is 45.7 Å². The summed E-state index contributed by atoms with van der Waals surface area (Å²) in [5.74, 6) is -8.48. The molecule has 34 heavy (non-hydrogen) atoms. The molecule has 0 bridgehead atoms. The second-order valence-electron chi connectivity index (χ2n) is 9.59. The zero-order chi connectivity index (χ0) is 25.3. The second kappa shape index (κ2) is 7.80. The lowest BCUT2D eigenvalue weighted by Gasteiger charge is -2.50. The molecule has 0 aliphatic heterocycles. The summed E-state index contributed by atoms with van der Waals surface area (Å²) in [5, 5.41) is 43.9. The summed E-state index contributed by atoms with van der Waals surface area (Å²) in [4.78, 5) is 51.3. The third kappa shape index (κ3) is 2.96. The number of phenols is 1. The Morgan fingerprint density at radius 3 is 2.38 bits per heavy atom. The van der Waals surface area contributed by atoms with Gasteiger partial charge in [0, 0.05) is 29.4 Å². The van der Waals surface area contributed by atoms with Gasteiger partial charge in [0.2, 0.25) is 5.78 Å². The summed E-state index contributed by atoms with van der Waals surface area (Å²) in [7, 11) is 0. The molecule has 4 rings (SSSR count). The average molecular weight is 469 g/mol. The fourth-order valence-corrected chi connectivity index (χ4v) is 5.94. The van der Waals surface area contributed by atoms with Crippen molar-refractivity contribution in [1.29, 1.82) is 0 Å². The van der Waals surface area contributed by atoms with Crippen molar-refractivity contribution in [3.63, 3.8) is 0 Å². The molecule has 180 valence electrons.